The molecule has 0 aliphatic carbocycles. The van der Waals surface area contributed by atoms with Crippen molar-refractivity contribution in [1.82, 2.24) is 0 Å². The molecule has 1 aliphatic rings. The van der Waals surface area contributed by atoms with E-state index in [9.17, 15) is 9.59 Å². The van der Waals surface area contributed by atoms with Gasteiger partial charge in [0, 0.05) is 9.79 Å². The minimum absolute atomic E-state index is 0.0357. The summed E-state index contributed by atoms with van der Waals surface area (Å²) in [6.45, 7) is -0.376. The monoisotopic (exact) mass is 421 g/mol. The second-order valence-corrected chi connectivity index (χ2v) is 7.55. The number of hydrogen-bond acceptors (Lipinski definition) is 6. The summed E-state index contributed by atoms with van der Waals surface area (Å²) < 4.78 is 16.2. The Morgan fingerprint density at radius 1 is 0.933 bits per heavy atom. The highest BCUT2D eigenvalue weighted by atomic mass is 32.2. The first-order valence-corrected chi connectivity index (χ1v) is 10.2. The molecule has 3 aromatic carbocycles. The van der Waals surface area contributed by atoms with Crippen molar-refractivity contribution in [2.75, 3.05) is 18.5 Å². The lowest BCUT2D eigenvalue weighted by atomic mass is 10.2. The molecule has 6 nitrogen and oxygen atoms in total. The molecular formula is C23H19NO5S. The van der Waals surface area contributed by atoms with E-state index >= 15 is 0 Å². The number of para-hydroxylation sites is 3. The molecule has 0 saturated heterocycles. The van der Waals surface area contributed by atoms with Gasteiger partial charge < -0.3 is 19.5 Å². The number of nitrogens with one attached hydrogen (secondary N) is 1. The van der Waals surface area contributed by atoms with Gasteiger partial charge in [-0.3, -0.25) is 4.79 Å². The fourth-order valence-corrected chi connectivity index (χ4v) is 3.75. The number of esters is 1. The van der Waals surface area contributed by atoms with Crippen LogP contribution in [-0.4, -0.2) is 31.2 Å². The highest BCUT2D eigenvalue weighted by molar-refractivity contribution is 7.99. The minimum atomic E-state index is -0.909. The van der Waals surface area contributed by atoms with Crippen LogP contribution >= 0.6 is 11.8 Å². The van der Waals surface area contributed by atoms with Gasteiger partial charge in [-0.2, -0.15) is 0 Å². The largest absolute Gasteiger partial charge is 0.485 e. The van der Waals surface area contributed by atoms with Crippen molar-refractivity contribution in [3.63, 3.8) is 0 Å². The van der Waals surface area contributed by atoms with Crippen molar-refractivity contribution in [1.29, 1.82) is 0 Å². The Kier molecular flexibility index (Phi) is 6.20. The van der Waals surface area contributed by atoms with Gasteiger partial charge in [0.25, 0.3) is 5.91 Å². The lowest BCUT2D eigenvalue weighted by Gasteiger charge is -2.24. The first-order chi connectivity index (χ1) is 14.7. The molecule has 0 saturated carbocycles. The van der Waals surface area contributed by atoms with E-state index in [0.717, 1.165) is 9.79 Å². The van der Waals surface area contributed by atoms with E-state index in [-0.39, 0.29) is 6.61 Å². The molecule has 4 rings (SSSR count). The number of fused-ring (bicyclic) bond motifs is 1. The van der Waals surface area contributed by atoms with Crippen molar-refractivity contribution in [2.45, 2.75) is 15.9 Å². The lowest BCUT2D eigenvalue weighted by molar-refractivity contribution is -0.156. The van der Waals surface area contributed by atoms with Crippen molar-refractivity contribution in [3.05, 3.63) is 78.9 Å². The predicted molar refractivity (Wildman–Crippen MR) is 113 cm³/mol. The summed E-state index contributed by atoms with van der Waals surface area (Å²) in [6.07, 6.45) is -0.909. The Bertz CT molecular complexity index is 1040. The quantitative estimate of drug-likeness (QED) is 0.603. The molecule has 3 aromatic rings. The standard InChI is InChI=1S/C23H19NO5S/c25-22(15-28-23(26)20-14-27-18-11-5-6-12-19(18)29-20)24-17-10-4-7-13-21(17)30-16-8-2-1-3-9-16/h1-13,20H,14-15H2,(H,24,25). The number of amides is 1. The van der Waals surface area contributed by atoms with Crippen LogP contribution in [0, 0.1) is 0 Å². The van der Waals surface area contributed by atoms with E-state index in [1.807, 2.05) is 54.6 Å². The first-order valence-electron chi connectivity index (χ1n) is 9.36. The van der Waals surface area contributed by atoms with Gasteiger partial charge in [-0.15, -0.1) is 0 Å². The number of anilines is 1. The van der Waals surface area contributed by atoms with Crippen LogP contribution in [0.5, 0.6) is 11.5 Å². The normalized spacial score (nSPS) is 14.6. The molecule has 1 amide bonds. The molecule has 0 radical (unpaired) electrons. The van der Waals surface area contributed by atoms with Gasteiger partial charge >= 0.3 is 5.97 Å². The Morgan fingerprint density at radius 2 is 1.63 bits per heavy atom. The van der Waals surface area contributed by atoms with Crippen molar-refractivity contribution >= 4 is 29.3 Å². The Balaban J connectivity index is 1.32. The average Bonchev–Trinajstić information content (AvgIpc) is 2.79. The third-order valence-electron chi connectivity index (χ3n) is 4.25. The maximum absolute atomic E-state index is 12.3. The van der Waals surface area contributed by atoms with Crippen LogP contribution < -0.4 is 14.8 Å². The van der Waals surface area contributed by atoms with Crippen LogP contribution in [0.1, 0.15) is 0 Å². The van der Waals surface area contributed by atoms with Crippen LogP contribution in [0.2, 0.25) is 0 Å². The Morgan fingerprint density at radius 3 is 2.47 bits per heavy atom. The molecule has 30 heavy (non-hydrogen) atoms. The highest BCUT2D eigenvalue weighted by Crippen LogP contribution is 2.33. The fraction of sp³-hybridized carbons (Fsp3) is 0.130. The van der Waals surface area contributed by atoms with Crippen molar-refractivity contribution in [2.24, 2.45) is 0 Å². The van der Waals surface area contributed by atoms with Gasteiger partial charge in [0.15, 0.2) is 18.1 Å². The van der Waals surface area contributed by atoms with Crippen LogP contribution in [0.25, 0.3) is 0 Å². The van der Waals surface area contributed by atoms with Gasteiger partial charge in [0.2, 0.25) is 6.10 Å². The smallest absolute Gasteiger partial charge is 0.351 e. The second kappa shape index (κ2) is 9.37. The molecule has 1 N–H and O–H groups in total. The van der Waals surface area contributed by atoms with E-state index in [2.05, 4.69) is 5.32 Å². The number of hydrogen-bond donors (Lipinski definition) is 1. The van der Waals surface area contributed by atoms with E-state index < -0.39 is 24.6 Å². The van der Waals surface area contributed by atoms with Crippen molar-refractivity contribution in [3.8, 4) is 11.5 Å². The van der Waals surface area contributed by atoms with Crippen LogP contribution in [0.4, 0.5) is 5.69 Å². The number of benzene rings is 3. The van der Waals surface area contributed by atoms with E-state index in [0.29, 0.717) is 17.2 Å². The Labute approximate surface area is 178 Å². The maximum atomic E-state index is 12.3. The average molecular weight is 421 g/mol. The minimum Gasteiger partial charge on any atom is -0.485 e. The SMILES string of the molecule is O=C(COC(=O)C1COc2ccccc2O1)Nc1ccccc1Sc1ccccc1. The topological polar surface area (TPSA) is 73.9 Å². The summed E-state index contributed by atoms with van der Waals surface area (Å²) in [5.74, 6) is -0.0259. The van der Waals surface area contributed by atoms with Crippen LogP contribution in [0.3, 0.4) is 0 Å². The maximum Gasteiger partial charge on any atom is 0.351 e. The summed E-state index contributed by atoms with van der Waals surface area (Å²) in [5, 5.41) is 2.80. The van der Waals surface area contributed by atoms with Gasteiger partial charge in [-0.05, 0) is 36.4 Å². The van der Waals surface area contributed by atoms with E-state index in [4.69, 9.17) is 14.2 Å². The molecule has 1 unspecified atom stereocenters. The zero-order valence-corrected chi connectivity index (χ0v) is 16.8. The molecular weight excluding hydrogens is 402 g/mol. The fourth-order valence-electron chi connectivity index (χ4n) is 2.83. The summed E-state index contributed by atoms with van der Waals surface area (Å²) in [6, 6.07) is 24.4. The molecule has 152 valence electrons. The molecule has 1 atom stereocenters. The van der Waals surface area contributed by atoms with Gasteiger partial charge in [-0.1, -0.05) is 54.2 Å². The highest BCUT2D eigenvalue weighted by Gasteiger charge is 2.29. The van der Waals surface area contributed by atoms with Gasteiger partial charge in [0.1, 0.15) is 6.61 Å². The molecule has 1 aliphatic heterocycles. The number of ether oxygens (including phenoxy) is 3. The van der Waals surface area contributed by atoms with Crippen LogP contribution in [-0.2, 0) is 14.3 Å². The molecule has 1 heterocycles. The summed E-state index contributed by atoms with van der Waals surface area (Å²) in [5.41, 5.74) is 0.651. The zero-order chi connectivity index (χ0) is 20.8. The van der Waals surface area contributed by atoms with Gasteiger partial charge in [0.05, 0.1) is 5.69 Å². The zero-order valence-electron chi connectivity index (χ0n) is 15.9. The number of rotatable bonds is 6. The van der Waals surface area contributed by atoms with Gasteiger partial charge in [-0.25, -0.2) is 4.79 Å². The number of carbonyl (C=O) groups excluding carboxylic acids is 2. The van der Waals surface area contributed by atoms with E-state index in [1.54, 1.807) is 24.3 Å². The summed E-state index contributed by atoms with van der Waals surface area (Å²) in [4.78, 5) is 26.5. The second-order valence-electron chi connectivity index (χ2n) is 6.43. The van der Waals surface area contributed by atoms with Crippen molar-refractivity contribution < 1.29 is 23.8 Å². The summed E-state index contributed by atoms with van der Waals surface area (Å²) >= 11 is 1.54. The lowest BCUT2D eigenvalue weighted by Crippen LogP contribution is -2.39. The Hall–Kier alpha value is -3.45. The molecule has 0 bridgehead atoms. The van der Waals surface area contributed by atoms with Crippen LogP contribution in [0.15, 0.2) is 88.7 Å². The summed E-state index contributed by atoms with van der Waals surface area (Å²) in [7, 11) is 0. The third-order valence-corrected chi connectivity index (χ3v) is 5.33. The molecule has 7 heteroatoms. The molecule has 0 aromatic heterocycles. The number of carbonyl (C=O) groups is 2. The predicted octanol–water partition coefficient (Wildman–Crippen LogP) is 4.16. The van der Waals surface area contributed by atoms with E-state index in [1.165, 1.54) is 11.8 Å². The third kappa shape index (κ3) is 4.93. The first kappa shape index (κ1) is 19.8. The molecule has 0 spiro atoms. The molecule has 0 fully saturated rings.